The second-order valence-corrected chi connectivity index (χ2v) is 6.09. The number of rotatable bonds is 8. The van der Waals surface area contributed by atoms with Gasteiger partial charge in [0.25, 0.3) is 0 Å². The van der Waals surface area contributed by atoms with Crippen LogP contribution in [0.1, 0.15) is 16.7 Å². The second kappa shape index (κ2) is 9.45. The van der Waals surface area contributed by atoms with E-state index in [0.29, 0.717) is 17.1 Å². The van der Waals surface area contributed by atoms with Gasteiger partial charge in [-0.1, -0.05) is 18.2 Å². The molecule has 152 valence electrons. The molecular weight excluding hydrogens is 375 g/mol. The lowest BCUT2D eigenvalue weighted by atomic mass is 10.1. The van der Waals surface area contributed by atoms with Gasteiger partial charge in [0, 0.05) is 24.7 Å². The first-order valence-corrected chi connectivity index (χ1v) is 8.54. The number of amides is 1. The van der Waals surface area contributed by atoms with Crippen molar-refractivity contribution in [2.75, 3.05) is 27.4 Å². The maximum Gasteiger partial charge on any atom is 0.416 e. The van der Waals surface area contributed by atoms with Crippen LogP contribution in [-0.4, -0.2) is 43.3 Å². The molecule has 1 amide bonds. The maximum absolute atomic E-state index is 12.9. The number of ether oxygens (including phenoxy) is 2. The van der Waals surface area contributed by atoms with E-state index in [1.54, 1.807) is 18.2 Å². The lowest BCUT2D eigenvalue weighted by molar-refractivity contribution is -0.138. The summed E-state index contributed by atoms with van der Waals surface area (Å²) >= 11 is 0. The van der Waals surface area contributed by atoms with Gasteiger partial charge in [0.15, 0.2) is 0 Å². The largest absolute Gasteiger partial charge is 0.497 e. The number of alkyl halides is 3. The van der Waals surface area contributed by atoms with Crippen molar-refractivity contribution in [1.82, 2.24) is 4.90 Å². The molecule has 2 aromatic carbocycles. The third-order valence-electron chi connectivity index (χ3n) is 4.19. The molecule has 2 aromatic rings. The van der Waals surface area contributed by atoms with Crippen molar-refractivity contribution < 1.29 is 32.5 Å². The molecule has 8 heteroatoms. The number of carbonyl (C=O) groups excluding carboxylic acids is 1. The van der Waals surface area contributed by atoms with Gasteiger partial charge in [-0.05, 0) is 23.8 Å². The number of halogens is 3. The molecule has 28 heavy (non-hydrogen) atoms. The van der Waals surface area contributed by atoms with Gasteiger partial charge in [0.05, 0.1) is 32.8 Å². The SMILES string of the molecule is COc1ccc(CN(CCO)C(=O)Cc2cccc(C(F)(F)F)c2)c(OC)c1. The van der Waals surface area contributed by atoms with Crippen LogP contribution in [0.3, 0.4) is 0 Å². The Labute approximate surface area is 161 Å². The summed E-state index contributed by atoms with van der Waals surface area (Å²) < 4.78 is 49.0. The summed E-state index contributed by atoms with van der Waals surface area (Å²) in [6, 6.07) is 9.78. The van der Waals surface area contributed by atoms with Crippen molar-refractivity contribution in [3.05, 3.63) is 59.2 Å². The molecule has 0 aliphatic carbocycles. The van der Waals surface area contributed by atoms with Crippen LogP contribution in [0.5, 0.6) is 11.5 Å². The molecule has 5 nitrogen and oxygen atoms in total. The molecule has 0 bridgehead atoms. The van der Waals surface area contributed by atoms with Crippen LogP contribution in [-0.2, 0) is 23.9 Å². The molecule has 0 atom stereocenters. The fourth-order valence-electron chi connectivity index (χ4n) is 2.74. The fraction of sp³-hybridized carbons (Fsp3) is 0.350. The van der Waals surface area contributed by atoms with E-state index in [4.69, 9.17) is 9.47 Å². The number of carbonyl (C=O) groups is 1. The minimum absolute atomic E-state index is 0.0486. The van der Waals surface area contributed by atoms with Crippen molar-refractivity contribution in [2.24, 2.45) is 0 Å². The summed E-state index contributed by atoms with van der Waals surface area (Å²) in [6.07, 6.45) is -4.68. The molecule has 2 rings (SSSR count). The van der Waals surface area contributed by atoms with Gasteiger partial charge in [-0.3, -0.25) is 4.79 Å². The van der Waals surface area contributed by atoms with Gasteiger partial charge in [0.1, 0.15) is 11.5 Å². The van der Waals surface area contributed by atoms with E-state index in [1.807, 2.05) is 0 Å². The molecule has 0 unspecified atom stereocenters. The Morgan fingerprint density at radius 3 is 2.46 bits per heavy atom. The predicted molar refractivity (Wildman–Crippen MR) is 97.2 cm³/mol. The molecule has 1 N–H and O–H groups in total. The Morgan fingerprint density at radius 1 is 1.11 bits per heavy atom. The Balaban J connectivity index is 2.19. The molecule has 0 radical (unpaired) electrons. The maximum atomic E-state index is 12.9. The summed E-state index contributed by atoms with van der Waals surface area (Å²) in [6.45, 7) is -0.0781. The summed E-state index contributed by atoms with van der Waals surface area (Å²) in [7, 11) is 3.00. The predicted octanol–water partition coefficient (Wildman–Crippen LogP) is 3.29. The van der Waals surface area contributed by atoms with E-state index in [2.05, 4.69) is 0 Å². The molecule has 0 saturated carbocycles. The average molecular weight is 397 g/mol. The highest BCUT2D eigenvalue weighted by atomic mass is 19.4. The summed E-state index contributed by atoms with van der Waals surface area (Å²) in [4.78, 5) is 14.0. The highest BCUT2D eigenvalue weighted by molar-refractivity contribution is 5.79. The van der Waals surface area contributed by atoms with Crippen molar-refractivity contribution in [3.8, 4) is 11.5 Å². The highest BCUT2D eigenvalue weighted by Crippen LogP contribution is 2.30. The number of benzene rings is 2. The zero-order valence-corrected chi connectivity index (χ0v) is 15.6. The van der Waals surface area contributed by atoms with Crippen LogP contribution in [0, 0.1) is 0 Å². The van der Waals surface area contributed by atoms with Gasteiger partial charge in [-0.25, -0.2) is 0 Å². The minimum atomic E-state index is -4.47. The smallest absolute Gasteiger partial charge is 0.416 e. The van der Waals surface area contributed by atoms with Crippen molar-refractivity contribution in [2.45, 2.75) is 19.1 Å². The zero-order valence-electron chi connectivity index (χ0n) is 15.6. The van der Waals surface area contributed by atoms with Crippen LogP contribution in [0.2, 0.25) is 0 Å². The van der Waals surface area contributed by atoms with Crippen LogP contribution in [0.15, 0.2) is 42.5 Å². The van der Waals surface area contributed by atoms with Crippen molar-refractivity contribution in [3.63, 3.8) is 0 Å². The molecule has 0 heterocycles. The summed E-state index contributed by atoms with van der Waals surface area (Å²) in [5.41, 5.74) is 0.141. The fourth-order valence-corrected chi connectivity index (χ4v) is 2.74. The monoisotopic (exact) mass is 397 g/mol. The molecule has 0 aromatic heterocycles. The molecule has 0 aliphatic rings. The number of hydrogen-bond donors (Lipinski definition) is 1. The van der Waals surface area contributed by atoms with Gasteiger partial charge < -0.3 is 19.5 Å². The van der Waals surface area contributed by atoms with Crippen LogP contribution < -0.4 is 9.47 Å². The standard InChI is InChI=1S/C20H22F3NO4/c1-27-17-7-6-15(18(12-17)28-2)13-24(8-9-25)19(26)11-14-4-3-5-16(10-14)20(21,22)23/h3-7,10,12,25H,8-9,11,13H2,1-2H3. The number of hydrogen-bond acceptors (Lipinski definition) is 4. The minimum Gasteiger partial charge on any atom is -0.497 e. The van der Waals surface area contributed by atoms with Crippen LogP contribution in [0.4, 0.5) is 13.2 Å². The zero-order chi connectivity index (χ0) is 20.7. The summed E-state index contributed by atoms with van der Waals surface area (Å²) in [5, 5.41) is 9.30. The first-order chi connectivity index (χ1) is 13.3. The molecule has 0 fully saturated rings. The van der Waals surface area contributed by atoms with E-state index in [9.17, 15) is 23.1 Å². The number of methoxy groups -OCH3 is 2. The van der Waals surface area contributed by atoms with E-state index in [0.717, 1.165) is 12.1 Å². The molecular formula is C20H22F3NO4. The van der Waals surface area contributed by atoms with Crippen LogP contribution >= 0.6 is 0 Å². The van der Waals surface area contributed by atoms with E-state index < -0.39 is 17.6 Å². The Bertz CT molecular complexity index is 808. The molecule has 0 spiro atoms. The first kappa shape index (κ1) is 21.6. The van der Waals surface area contributed by atoms with E-state index >= 15 is 0 Å². The highest BCUT2D eigenvalue weighted by Gasteiger charge is 2.30. The summed E-state index contributed by atoms with van der Waals surface area (Å²) in [5.74, 6) is 0.699. The van der Waals surface area contributed by atoms with E-state index in [1.165, 1.54) is 31.3 Å². The Hall–Kier alpha value is -2.74. The normalized spacial score (nSPS) is 11.2. The molecule has 0 saturated heterocycles. The third kappa shape index (κ3) is 5.63. The van der Waals surface area contributed by atoms with Crippen molar-refractivity contribution >= 4 is 5.91 Å². The van der Waals surface area contributed by atoms with E-state index in [-0.39, 0.29) is 31.7 Å². The first-order valence-electron chi connectivity index (χ1n) is 8.54. The lowest BCUT2D eigenvalue weighted by Crippen LogP contribution is -2.34. The average Bonchev–Trinajstić information content (AvgIpc) is 2.67. The van der Waals surface area contributed by atoms with Gasteiger partial charge in [0.2, 0.25) is 5.91 Å². The Kier molecular flexibility index (Phi) is 7.28. The molecule has 0 aliphatic heterocycles. The quantitative estimate of drug-likeness (QED) is 0.743. The van der Waals surface area contributed by atoms with Crippen LogP contribution in [0.25, 0.3) is 0 Å². The second-order valence-electron chi connectivity index (χ2n) is 6.09. The number of aliphatic hydroxyl groups excluding tert-OH is 1. The van der Waals surface area contributed by atoms with Crippen molar-refractivity contribution in [1.29, 1.82) is 0 Å². The van der Waals surface area contributed by atoms with Gasteiger partial charge >= 0.3 is 6.18 Å². The Morgan fingerprint density at radius 2 is 1.86 bits per heavy atom. The topological polar surface area (TPSA) is 59.0 Å². The van der Waals surface area contributed by atoms with Gasteiger partial charge in [-0.15, -0.1) is 0 Å². The number of nitrogens with zero attached hydrogens (tertiary/aromatic N) is 1. The third-order valence-corrected chi connectivity index (χ3v) is 4.19. The lowest BCUT2D eigenvalue weighted by Gasteiger charge is -2.23. The van der Waals surface area contributed by atoms with Gasteiger partial charge in [-0.2, -0.15) is 13.2 Å². The number of aliphatic hydroxyl groups is 1.